The fourth-order valence-electron chi connectivity index (χ4n) is 4.29. The molecule has 4 aromatic rings. The number of nitrogens with zero attached hydrogens (tertiary/aromatic N) is 5. The van der Waals surface area contributed by atoms with Crippen LogP contribution in [0.2, 0.25) is 0 Å². The molecule has 1 atom stereocenters. The topological polar surface area (TPSA) is 90.6 Å². The van der Waals surface area contributed by atoms with Gasteiger partial charge in [0.1, 0.15) is 23.2 Å². The number of rotatable bonds is 5. The second kappa shape index (κ2) is 8.13. The number of aromatic nitrogens is 4. The lowest BCUT2D eigenvalue weighted by Gasteiger charge is -2.34. The van der Waals surface area contributed by atoms with E-state index in [2.05, 4.69) is 52.6 Å². The molecule has 0 spiro atoms. The van der Waals surface area contributed by atoms with Crippen molar-refractivity contribution in [3.63, 3.8) is 0 Å². The maximum Gasteiger partial charge on any atom is 0.166 e. The van der Waals surface area contributed by atoms with Crippen LogP contribution in [0.3, 0.4) is 0 Å². The molecule has 0 radical (unpaired) electrons. The van der Waals surface area contributed by atoms with Gasteiger partial charge in [-0.2, -0.15) is 0 Å². The summed E-state index contributed by atoms with van der Waals surface area (Å²) in [7, 11) is 0. The summed E-state index contributed by atoms with van der Waals surface area (Å²) in [5.41, 5.74) is 5.89. The second-order valence-corrected chi connectivity index (χ2v) is 8.12. The molecule has 4 heterocycles. The first kappa shape index (κ1) is 19.7. The minimum absolute atomic E-state index is 0.187. The predicted molar refractivity (Wildman–Crippen MR) is 123 cm³/mol. The van der Waals surface area contributed by atoms with E-state index in [0.717, 1.165) is 60.1 Å². The maximum atomic E-state index is 9.28. The summed E-state index contributed by atoms with van der Waals surface area (Å²) in [5, 5.41) is 16.3. The molecule has 8 heteroatoms. The SMILES string of the molecule is Cc1cccc(C)c1Nc1nc2ccc(N3CCNC(CCO)C3)nc2n2cncc12. The van der Waals surface area contributed by atoms with Gasteiger partial charge in [-0.25, -0.2) is 15.0 Å². The summed E-state index contributed by atoms with van der Waals surface area (Å²) < 4.78 is 2.00. The lowest BCUT2D eigenvalue weighted by Crippen LogP contribution is -2.51. The standard InChI is InChI=1S/C23H27N7O/c1-15-4-3-5-16(2)21(15)28-22-19-12-24-14-30(19)23-18(26-22)6-7-20(27-23)29-10-9-25-17(13-29)8-11-31/h3-7,12,14,17,25,31H,8-11,13H2,1-2H3,(H,26,28). The number of aliphatic hydroxyl groups is 1. The summed E-state index contributed by atoms with van der Waals surface area (Å²) in [6, 6.07) is 10.6. The number of fused-ring (bicyclic) bond motifs is 3. The van der Waals surface area contributed by atoms with E-state index in [4.69, 9.17) is 9.97 Å². The molecular formula is C23H27N7O. The van der Waals surface area contributed by atoms with Crippen LogP contribution in [0.1, 0.15) is 17.5 Å². The van der Waals surface area contributed by atoms with Gasteiger partial charge in [-0.1, -0.05) is 18.2 Å². The van der Waals surface area contributed by atoms with Gasteiger partial charge in [-0.05, 0) is 43.5 Å². The van der Waals surface area contributed by atoms with E-state index in [9.17, 15) is 5.11 Å². The molecule has 3 aromatic heterocycles. The molecule has 5 rings (SSSR count). The Kier molecular flexibility index (Phi) is 5.17. The minimum Gasteiger partial charge on any atom is -0.396 e. The molecule has 1 aliphatic rings. The quantitative estimate of drug-likeness (QED) is 0.460. The zero-order chi connectivity index (χ0) is 21.4. The first-order valence-electron chi connectivity index (χ1n) is 10.7. The van der Waals surface area contributed by atoms with Crippen LogP contribution in [0.25, 0.3) is 16.7 Å². The lowest BCUT2D eigenvalue weighted by atomic mass is 10.1. The van der Waals surface area contributed by atoms with Crippen LogP contribution < -0.4 is 15.5 Å². The first-order valence-corrected chi connectivity index (χ1v) is 10.7. The maximum absolute atomic E-state index is 9.28. The highest BCUT2D eigenvalue weighted by Crippen LogP contribution is 2.28. The molecule has 0 aliphatic carbocycles. The number of benzene rings is 1. The summed E-state index contributed by atoms with van der Waals surface area (Å²) in [6.45, 7) is 6.96. The molecule has 1 unspecified atom stereocenters. The smallest absolute Gasteiger partial charge is 0.166 e. The van der Waals surface area contributed by atoms with Gasteiger partial charge in [-0.3, -0.25) is 4.40 Å². The van der Waals surface area contributed by atoms with Gasteiger partial charge in [0, 0.05) is 38.0 Å². The lowest BCUT2D eigenvalue weighted by molar-refractivity contribution is 0.260. The normalized spacial score (nSPS) is 16.9. The van der Waals surface area contributed by atoms with Crippen LogP contribution in [-0.2, 0) is 0 Å². The summed E-state index contributed by atoms with van der Waals surface area (Å²) >= 11 is 0. The average molecular weight is 418 g/mol. The van der Waals surface area contributed by atoms with Crippen LogP contribution in [0, 0.1) is 13.8 Å². The highest BCUT2D eigenvalue weighted by atomic mass is 16.3. The van der Waals surface area contributed by atoms with Crippen molar-refractivity contribution in [2.45, 2.75) is 26.3 Å². The van der Waals surface area contributed by atoms with Crippen LogP contribution >= 0.6 is 0 Å². The molecule has 31 heavy (non-hydrogen) atoms. The predicted octanol–water partition coefficient (Wildman–Crippen LogP) is 2.80. The number of aliphatic hydroxyl groups excluding tert-OH is 1. The van der Waals surface area contributed by atoms with Crippen LogP contribution in [0.4, 0.5) is 17.3 Å². The molecule has 0 amide bonds. The Morgan fingerprint density at radius 1 is 1.16 bits per heavy atom. The number of nitrogens with one attached hydrogen (secondary N) is 2. The number of aryl methyl sites for hydroxylation is 2. The van der Waals surface area contributed by atoms with Gasteiger partial charge in [0.2, 0.25) is 0 Å². The molecule has 1 fully saturated rings. The number of para-hydroxylation sites is 1. The average Bonchev–Trinajstić information content (AvgIpc) is 3.27. The van der Waals surface area contributed by atoms with Crippen molar-refractivity contribution in [1.82, 2.24) is 24.7 Å². The van der Waals surface area contributed by atoms with Crippen molar-refractivity contribution in [2.24, 2.45) is 0 Å². The fraction of sp³-hybridized carbons (Fsp3) is 0.348. The Bertz CT molecular complexity index is 1210. The Balaban J connectivity index is 1.54. The van der Waals surface area contributed by atoms with E-state index in [0.29, 0.717) is 0 Å². The van der Waals surface area contributed by atoms with Crippen molar-refractivity contribution in [2.75, 3.05) is 36.5 Å². The first-order chi connectivity index (χ1) is 15.1. The Hall–Kier alpha value is -3.23. The minimum atomic E-state index is 0.187. The molecule has 8 nitrogen and oxygen atoms in total. The van der Waals surface area contributed by atoms with Gasteiger partial charge in [0.15, 0.2) is 11.5 Å². The number of hydrogen-bond acceptors (Lipinski definition) is 7. The third-order valence-corrected chi connectivity index (χ3v) is 5.96. The molecule has 1 aromatic carbocycles. The highest BCUT2D eigenvalue weighted by Gasteiger charge is 2.21. The van der Waals surface area contributed by atoms with Crippen molar-refractivity contribution in [3.8, 4) is 0 Å². The monoisotopic (exact) mass is 417 g/mol. The molecule has 1 aliphatic heterocycles. The molecule has 1 saturated heterocycles. The number of hydrogen-bond donors (Lipinski definition) is 3. The highest BCUT2D eigenvalue weighted by molar-refractivity contribution is 5.85. The summed E-state index contributed by atoms with van der Waals surface area (Å²) in [6.07, 6.45) is 4.35. The number of piperazine rings is 1. The third-order valence-electron chi connectivity index (χ3n) is 5.96. The van der Waals surface area contributed by atoms with Crippen LogP contribution in [0.5, 0.6) is 0 Å². The number of anilines is 3. The Morgan fingerprint density at radius 2 is 2.00 bits per heavy atom. The summed E-state index contributed by atoms with van der Waals surface area (Å²) in [4.78, 5) is 16.5. The Labute approximate surface area is 181 Å². The molecule has 0 bridgehead atoms. The van der Waals surface area contributed by atoms with Gasteiger partial charge < -0.3 is 20.6 Å². The van der Waals surface area contributed by atoms with E-state index in [1.165, 1.54) is 11.1 Å². The van der Waals surface area contributed by atoms with E-state index < -0.39 is 0 Å². The zero-order valence-electron chi connectivity index (χ0n) is 17.8. The molecule has 0 saturated carbocycles. The van der Waals surface area contributed by atoms with Crippen molar-refractivity contribution < 1.29 is 5.11 Å². The van der Waals surface area contributed by atoms with E-state index in [1.807, 2.05) is 22.7 Å². The third kappa shape index (κ3) is 3.68. The summed E-state index contributed by atoms with van der Waals surface area (Å²) in [5.74, 6) is 1.69. The largest absolute Gasteiger partial charge is 0.396 e. The second-order valence-electron chi connectivity index (χ2n) is 8.12. The van der Waals surface area contributed by atoms with Gasteiger partial charge in [-0.15, -0.1) is 0 Å². The van der Waals surface area contributed by atoms with Gasteiger partial charge in [0.05, 0.1) is 6.20 Å². The van der Waals surface area contributed by atoms with Crippen molar-refractivity contribution in [3.05, 3.63) is 54.0 Å². The van der Waals surface area contributed by atoms with Crippen LogP contribution in [0.15, 0.2) is 42.9 Å². The van der Waals surface area contributed by atoms with Crippen molar-refractivity contribution in [1.29, 1.82) is 0 Å². The zero-order valence-corrected chi connectivity index (χ0v) is 17.8. The molecule has 3 N–H and O–H groups in total. The van der Waals surface area contributed by atoms with E-state index in [1.54, 1.807) is 6.33 Å². The van der Waals surface area contributed by atoms with Crippen molar-refractivity contribution >= 4 is 34.0 Å². The fourth-order valence-corrected chi connectivity index (χ4v) is 4.29. The Morgan fingerprint density at radius 3 is 2.81 bits per heavy atom. The molecular weight excluding hydrogens is 390 g/mol. The van der Waals surface area contributed by atoms with Gasteiger partial charge in [0.25, 0.3) is 0 Å². The van der Waals surface area contributed by atoms with Crippen LogP contribution in [-0.4, -0.2) is 56.7 Å². The number of pyridine rings is 1. The van der Waals surface area contributed by atoms with Gasteiger partial charge >= 0.3 is 0 Å². The van der Waals surface area contributed by atoms with E-state index >= 15 is 0 Å². The molecule has 160 valence electrons. The van der Waals surface area contributed by atoms with E-state index in [-0.39, 0.29) is 12.6 Å². The number of imidazole rings is 1.